The van der Waals surface area contributed by atoms with Crippen LogP contribution in [-0.2, 0) is 9.53 Å². The first-order chi connectivity index (χ1) is 12.8. The average molecular weight is 375 g/mol. The lowest BCUT2D eigenvalue weighted by atomic mass is 9.91. The zero-order valence-electron chi connectivity index (χ0n) is 17.4. The largest absolute Gasteiger partial charge is 0.381 e. The van der Waals surface area contributed by atoms with Crippen molar-refractivity contribution in [1.82, 2.24) is 4.90 Å². The van der Waals surface area contributed by atoms with Crippen molar-refractivity contribution in [2.45, 2.75) is 47.5 Å². The number of nitrogens with zero attached hydrogens (tertiary/aromatic N) is 1. The van der Waals surface area contributed by atoms with Gasteiger partial charge in [-0.05, 0) is 48.8 Å². The molecule has 5 heteroatoms. The molecule has 0 aromatic heterocycles. The highest BCUT2D eigenvalue weighted by Gasteiger charge is 2.26. The zero-order chi connectivity index (χ0) is 20.0. The van der Waals surface area contributed by atoms with E-state index in [4.69, 9.17) is 4.74 Å². The van der Waals surface area contributed by atoms with E-state index in [1.165, 1.54) is 0 Å². The van der Waals surface area contributed by atoms with Crippen LogP contribution in [0.5, 0.6) is 0 Å². The molecule has 5 nitrogen and oxygen atoms in total. The lowest BCUT2D eigenvalue weighted by Gasteiger charge is -2.35. The Bertz CT molecular complexity index is 647. The van der Waals surface area contributed by atoms with Gasteiger partial charge in [0.25, 0.3) is 5.91 Å². The summed E-state index contributed by atoms with van der Waals surface area (Å²) in [5.74, 6) is 1.45. The van der Waals surface area contributed by atoms with Crippen molar-refractivity contribution in [3.63, 3.8) is 0 Å². The van der Waals surface area contributed by atoms with Gasteiger partial charge in [0, 0.05) is 30.9 Å². The molecule has 1 aromatic rings. The maximum atomic E-state index is 12.9. The Balaban J connectivity index is 1.98. The minimum Gasteiger partial charge on any atom is -0.381 e. The summed E-state index contributed by atoms with van der Waals surface area (Å²) >= 11 is 0. The first-order valence-electron chi connectivity index (χ1n) is 10.0. The van der Waals surface area contributed by atoms with E-state index in [1.807, 2.05) is 24.0 Å². The molecule has 1 aliphatic heterocycles. The summed E-state index contributed by atoms with van der Waals surface area (Å²) in [4.78, 5) is 27.0. The molecule has 150 valence electrons. The fourth-order valence-corrected chi connectivity index (χ4v) is 3.60. The van der Waals surface area contributed by atoms with Crippen molar-refractivity contribution >= 4 is 17.5 Å². The number of rotatable bonds is 7. The highest BCUT2D eigenvalue weighted by atomic mass is 16.5. The number of amides is 2. The second-order valence-corrected chi connectivity index (χ2v) is 8.45. The molecule has 0 saturated carbocycles. The standard InChI is InChI=1S/C22H34N2O3/c1-15(2)14-27-9-8-21(25)23-20-11-19(7-6-18(20)5)22(26)24-12-16(3)10-17(4)13-24/h6-7,11,15-17H,8-10,12-14H2,1-5H3,(H,23,25). The lowest BCUT2D eigenvalue weighted by molar-refractivity contribution is -0.117. The predicted octanol–water partition coefficient (Wildman–Crippen LogP) is 4.11. The van der Waals surface area contributed by atoms with Gasteiger partial charge in [0.05, 0.1) is 13.0 Å². The Morgan fingerprint density at radius 3 is 2.52 bits per heavy atom. The molecule has 2 rings (SSSR count). The van der Waals surface area contributed by atoms with E-state index in [0.29, 0.717) is 48.6 Å². The molecule has 2 unspecified atom stereocenters. The number of ether oxygens (including phenoxy) is 1. The number of aryl methyl sites for hydroxylation is 1. The van der Waals surface area contributed by atoms with Gasteiger partial charge in [0.1, 0.15) is 0 Å². The van der Waals surface area contributed by atoms with Crippen LogP contribution in [0.25, 0.3) is 0 Å². The van der Waals surface area contributed by atoms with Crippen LogP contribution in [0, 0.1) is 24.7 Å². The van der Waals surface area contributed by atoms with Gasteiger partial charge in [-0.2, -0.15) is 0 Å². The van der Waals surface area contributed by atoms with Gasteiger partial charge in [-0.25, -0.2) is 0 Å². The molecule has 1 saturated heterocycles. The van der Waals surface area contributed by atoms with Crippen molar-refractivity contribution in [3.8, 4) is 0 Å². The summed E-state index contributed by atoms with van der Waals surface area (Å²) < 4.78 is 5.47. The summed E-state index contributed by atoms with van der Waals surface area (Å²) in [5, 5.41) is 2.92. The molecular weight excluding hydrogens is 340 g/mol. The summed E-state index contributed by atoms with van der Waals surface area (Å²) in [6.45, 7) is 13.1. The molecule has 2 atom stereocenters. The van der Waals surface area contributed by atoms with E-state index >= 15 is 0 Å². The molecule has 1 aromatic carbocycles. The number of benzene rings is 1. The van der Waals surface area contributed by atoms with E-state index < -0.39 is 0 Å². The minimum atomic E-state index is -0.0910. The van der Waals surface area contributed by atoms with Gasteiger partial charge in [-0.15, -0.1) is 0 Å². The average Bonchev–Trinajstić information content (AvgIpc) is 2.59. The molecule has 2 amide bonds. The minimum absolute atomic E-state index is 0.0455. The Kier molecular flexibility index (Phi) is 7.84. The van der Waals surface area contributed by atoms with E-state index in [1.54, 1.807) is 6.07 Å². The fraction of sp³-hybridized carbons (Fsp3) is 0.636. The summed E-state index contributed by atoms with van der Waals surface area (Å²) in [7, 11) is 0. The van der Waals surface area contributed by atoms with Crippen LogP contribution in [0.2, 0.25) is 0 Å². The Morgan fingerprint density at radius 1 is 1.22 bits per heavy atom. The maximum absolute atomic E-state index is 12.9. The molecule has 0 aliphatic carbocycles. The van der Waals surface area contributed by atoms with Gasteiger partial charge >= 0.3 is 0 Å². The predicted molar refractivity (Wildman–Crippen MR) is 109 cm³/mol. The van der Waals surface area contributed by atoms with Gasteiger partial charge < -0.3 is 15.0 Å². The van der Waals surface area contributed by atoms with Gasteiger partial charge in [-0.3, -0.25) is 9.59 Å². The Hall–Kier alpha value is -1.88. The van der Waals surface area contributed by atoms with Crippen LogP contribution in [0.1, 0.15) is 56.5 Å². The molecule has 1 heterocycles. The molecule has 1 aliphatic rings. The number of hydrogen-bond donors (Lipinski definition) is 1. The number of hydrogen-bond acceptors (Lipinski definition) is 3. The van der Waals surface area contributed by atoms with Crippen molar-refractivity contribution < 1.29 is 14.3 Å². The third-order valence-electron chi connectivity index (χ3n) is 4.84. The van der Waals surface area contributed by atoms with Crippen LogP contribution in [0.3, 0.4) is 0 Å². The molecule has 0 radical (unpaired) electrons. The van der Waals surface area contributed by atoms with Crippen LogP contribution in [0.4, 0.5) is 5.69 Å². The van der Waals surface area contributed by atoms with Crippen LogP contribution < -0.4 is 5.32 Å². The number of nitrogens with one attached hydrogen (secondary N) is 1. The van der Waals surface area contributed by atoms with Crippen molar-refractivity contribution in [3.05, 3.63) is 29.3 Å². The van der Waals surface area contributed by atoms with E-state index in [0.717, 1.165) is 25.1 Å². The molecule has 27 heavy (non-hydrogen) atoms. The molecule has 0 spiro atoms. The fourth-order valence-electron chi connectivity index (χ4n) is 3.60. The number of carbonyl (C=O) groups excluding carboxylic acids is 2. The third kappa shape index (κ3) is 6.65. The van der Waals surface area contributed by atoms with Crippen LogP contribution in [0.15, 0.2) is 18.2 Å². The second kappa shape index (κ2) is 9.88. The van der Waals surface area contributed by atoms with Crippen LogP contribution in [-0.4, -0.2) is 43.0 Å². The number of piperidine rings is 1. The quantitative estimate of drug-likeness (QED) is 0.731. The first kappa shape index (κ1) is 21.4. The van der Waals surface area contributed by atoms with E-state index in [9.17, 15) is 9.59 Å². The number of carbonyl (C=O) groups is 2. The first-order valence-corrected chi connectivity index (χ1v) is 10.0. The Labute approximate surface area is 163 Å². The zero-order valence-corrected chi connectivity index (χ0v) is 17.4. The van der Waals surface area contributed by atoms with Gasteiger partial charge in [0.15, 0.2) is 0 Å². The van der Waals surface area contributed by atoms with E-state index in [-0.39, 0.29) is 11.8 Å². The third-order valence-corrected chi connectivity index (χ3v) is 4.84. The molecule has 1 fully saturated rings. The SMILES string of the molecule is Cc1ccc(C(=O)N2CC(C)CC(C)C2)cc1NC(=O)CCOCC(C)C. The van der Waals surface area contributed by atoms with Gasteiger partial charge in [-0.1, -0.05) is 33.8 Å². The molecule has 0 bridgehead atoms. The smallest absolute Gasteiger partial charge is 0.253 e. The summed E-state index contributed by atoms with van der Waals surface area (Å²) in [6, 6.07) is 5.55. The number of anilines is 1. The van der Waals surface area contributed by atoms with Crippen molar-refractivity contribution in [2.24, 2.45) is 17.8 Å². The highest BCUT2D eigenvalue weighted by Crippen LogP contribution is 2.24. The second-order valence-electron chi connectivity index (χ2n) is 8.45. The van der Waals surface area contributed by atoms with Crippen LogP contribution >= 0.6 is 0 Å². The van der Waals surface area contributed by atoms with Crippen molar-refractivity contribution in [2.75, 3.05) is 31.6 Å². The molecule has 1 N–H and O–H groups in total. The summed E-state index contributed by atoms with van der Waals surface area (Å²) in [6.07, 6.45) is 1.48. The highest BCUT2D eigenvalue weighted by molar-refractivity contribution is 5.97. The normalized spacial score (nSPS) is 20.0. The van der Waals surface area contributed by atoms with Crippen molar-refractivity contribution in [1.29, 1.82) is 0 Å². The van der Waals surface area contributed by atoms with E-state index in [2.05, 4.69) is 33.0 Å². The number of likely N-dealkylation sites (tertiary alicyclic amines) is 1. The maximum Gasteiger partial charge on any atom is 0.253 e. The topological polar surface area (TPSA) is 58.6 Å². The Morgan fingerprint density at radius 2 is 1.89 bits per heavy atom. The van der Waals surface area contributed by atoms with Gasteiger partial charge in [0.2, 0.25) is 5.91 Å². The lowest BCUT2D eigenvalue weighted by Crippen LogP contribution is -2.42. The molecular formula is C22H34N2O3. The monoisotopic (exact) mass is 374 g/mol. The summed E-state index contributed by atoms with van der Waals surface area (Å²) in [5.41, 5.74) is 2.28.